The lowest BCUT2D eigenvalue weighted by Gasteiger charge is -2.33. The van der Waals surface area contributed by atoms with Crippen molar-refractivity contribution in [2.24, 2.45) is 14.1 Å². The largest absolute Gasteiger partial charge is 0.444 e. The van der Waals surface area contributed by atoms with Gasteiger partial charge in [-0.15, -0.1) is 0 Å². The second kappa shape index (κ2) is 11.0. The number of ether oxygens (including phenoxy) is 1. The fourth-order valence-corrected chi connectivity index (χ4v) is 5.01. The van der Waals surface area contributed by atoms with Crippen molar-refractivity contribution in [2.45, 2.75) is 45.8 Å². The van der Waals surface area contributed by atoms with Gasteiger partial charge in [-0.25, -0.2) is 18.0 Å². The molecule has 2 aromatic carbocycles. The Balaban J connectivity index is 1.60. The highest BCUT2D eigenvalue weighted by Gasteiger charge is 2.28. The van der Waals surface area contributed by atoms with Gasteiger partial charge >= 0.3 is 6.09 Å². The summed E-state index contributed by atoms with van der Waals surface area (Å²) in [5.41, 5.74) is 2.68. The molecule has 4 aromatic rings. The van der Waals surface area contributed by atoms with Crippen molar-refractivity contribution in [3.05, 3.63) is 87.9 Å². The Morgan fingerprint density at radius 1 is 1.02 bits per heavy atom. The zero-order valence-electron chi connectivity index (χ0n) is 24.0. The summed E-state index contributed by atoms with van der Waals surface area (Å²) in [6.07, 6.45) is 1.80. The number of benzene rings is 2. The summed E-state index contributed by atoms with van der Waals surface area (Å²) >= 11 is 0. The van der Waals surface area contributed by atoms with E-state index < -0.39 is 23.9 Å². The van der Waals surface area contributed by atoms with Crippen molar-refractivity contribution >= 4 is 17.5 Å². The van der Waals surface area contributed by atoms with E-state index in [4.69, 9.17) is 4.74 Å². The number of carbonyl (C=O) groups is 1. The Bertz CT molecular complexity index is 1720. The van der Waals surface area contributed by atoms with Gasteiger partial charge in [-0.3, -0.25) is 9.48 Å². The Morgan fingerprint density at radius 3 is 2.43 bits per heavy atom. The van der Waals surface area contributed by atoms with Gasteiger partial charge in [0, 0.05) is 55.9 Å². The first kappa shape index (κ1) is 29.0. The van der Waals surface area contributed by atoms with Gasteiger partial charge < -0.3 is 19.5 Å². The molecule has 11 heteroatoms. The van der Waals surface area contributed by atoms with Crippen LogP contribution < -0.4 is 10.9 Å². The van der Waals surface area contributed by atoms with E-state index in [0.717, 1.165) is 34.4 Å². The van der Waals surface area contributed by atoms with Crippen LogP contribution in [0.2, 0.25) is 0 Å². The Hall–Kier alpha value is -4.54. The summed E-state index contributed by atoms with van der Waals surface area (Å²) in [7, 11) is 3.30. The number of aromatic nitrogens is 3. The summed E-state index contributed by atoms with van der Waals surface area (Å²) in [6, 6.07) is 9.09. The second-order valence-corrected chi connectivity index (χ2v) is 11.4. The standard InChI is InChI=1S/C31H32F3N5O3/c1-31(2,3)42-30(41)39-9-8-18-10-20(19-6-7-28(40)37(4)15-19)11-26(24(18)17-39)36-27-13-23(29(33)34)22(12-25(27)32)21-14-35-38(5)16-21/h6-7,10-16,29,36H,8-9,17H2,1-5H3. The number of hydrogen-bond acceptors (Lipinski definition) is 5. The molecule has 1 aliphatic heterocycles. The van der Waals surface area contributed by atoms with E-state index in [2.05, 4.69) is 10.4 Å². The molecule has 0 saturated carbocycles. The number of anilines is 2. The number of carbonyl (C=O) groups excluding carboxylic acids is 1. The molecule has 0 unspecified atom stereocenters. The van der Waals surface area contributed by atoms with Gasteiger partial charge in [0.1, 0.15) is 11.4 Å². The molecular weight excluding hydrogens is 547 g/mol. The minimum atomic E-state index is -2.87. The lowest BCUT2D eigenvalue weighted by Crippen LogP contribution is -2.40. The van der Waals surface area contributed by atoms with Gasteiger partial charge in [0.25, 0.3) is 6.43 Å². The fourth-order valence-electron chi connectivity index (χ4n) is 5.01. The number of rotatable bonds is 5. The summed E-state index contributed by atoms with van der Waals surface area (Å²) in [5.74, 6) is -0.723. The molecule has 42 heavy (non-hydrogen) atoms. The van der Waals surface area contributed by atoms with Crippen LogP contribution in [0.25, 0.3) is 22.3 Å². The monoisotopic (exact) mass is 579 g/mol. The van der Waals surface area contributed by atoms with Gasteiger partial charge in [0.2, 0.25) is 5.56 Å². The number of pyridine rings is 1. The normalized spacial score (nSPS) is 13.3. The van der Waals surface area contributed by atoms with E-state index in [0.29, 0.717) is 24.2 Å². The molecule has 2 aromatic heterocycles. The Morgan fingerprint density at radius 2 is 1.79 bits per heavy atom. The van der Waals surface area contributed by atoms with E-state index in [-0.39, 0.29) is 28.9 Å². The van der Waals surface area contributed by atoms with Crippen LogP contribution in [-0.4, -0.2) is 37.5 Å². The van der Waals surface area contributed by atoms with Crippen LogP contribution in [0.4, 0.5) is 29.3 Å². The Kier molecular flexibility index (Phi) is 7.61. The van der Waals surface area contributed by atoms with Crippen molar-refractivity contribution in [3.8, 4) is 22.3 Å². The summed E-state index contributed by atoms with van der Waals surface area (Å²) in [4.78, 5) is 26.5. The molecule has 0 fully saturated rings. The highest BCUT2D eigenvalue weighted by molar-refractivity contribution is 5.78. The van der Waals surface area contributed by atoms with Crippen molar-refractivity contribution in [1.29, 1.82) is 0 Å². The lowest BCUT2D eigenvalue weighted by atomic mass is 9.93. The zero-order chi connectivity index (χ0) is 30.3. The third-order valence-electron chi connectivity index (χ3n) is 7.07. The smallest absolute Gasteiger partial charge is 0.410 e. The molecule has 0 bridgehead atoms. The number of nitrogens with one attached hydrogen (secondary N) is 1. The van der Waals surface area contributed by atoms with Gasteiger partial charge in [0.05, 0.1) is 18.4 Å². The van der Waals surface area contributed by atoms with Crippen molar-refractivity contribution in [3.63, 3.8) is 0 Å². The molecule has 0 atom stereocenters. The summed E-state index contributed by atoms with van der Waals surface area (Å²) in [5, 5.41) is 7.07. The molecule has 0 saturated heterocycles. The van der Waals surface area contributed by atoms with Crippen LogP contribution in [0, 0.1) is 5.82 Å². The average molecular weight is 580 g/mol. The molecule has 1 N–H and O–H groups in total. The fraction of sp³-hybridized carbons (Fsp3) is 0.323. The summed E-state index contributed by atoms with van der Waals surface area (Å²) in [6.45, 7) is 5.94. The molecule has 5 rings (SSSR count). The zero-order valence-corrected chi connectivity index (χ0v) is 24.0. The first-order valence-corrected chi connectivity index (χ1v) is 13.5. The minimum Gasteiger partial charge on any atom is -0.444 e. The predicted molar refractivity (Wildman–Crippen MR) is 154 cm³/mol. The molecule has 1 amide bonds. The molecular formula is C31H32F3N5O3. The van der Waals surface area contributed by atoms with Gasteiger partial charge in [-0.1, -0.05) is 6.07 Å². The number of halogens is 3. The van der Waals surface area contributed by atoms with Gasteiger partial charge in [0.15, 0.2) is 0 Å². The quantitative estimate of drug-likeness (QED) is 0.289. The minimum absolute atomic E-state index is 0.0539. The van der Waals surface area contributed by atoms with Crippen LogP contribution in [0.5, 0.6) is 0 Å². The third kappa shape index (κ3) is 6.05. The predicted octanol–water partition coefficient (Wildman–Crippen LogP) is 6.57. The first-order chi connectivity index (χ1) is 19.8. The topological polar surface area (TPSA) is 81.4 Å². The number of nitrogens with zero attached hydrogens (tertiary/aromatic N) is 4. The average Bonchev–Trinajstić information content (AvgIpc) is 3.35. The number of alkyl halides is 2. The molecule has 8 nitrogen and oxygen atoms in total. The summed E-state index contributed by atoms with van der Waals surface area (Å²) < 4.78 is 52.5. The number of aryl methyl sites for hydroxylation is 2. The molecule has 3 heterocycles. The molecule has 220 valence electrons. The van der Waals surface area contributed by atoms with Gasteiger partial charge in [-0.2, -0.15) is 5.10 Å². The second-order valence-electron chi connectivity index (χ2n) is 11.4. The molecule has 0 radical (unpaired) electrons. The van der Waals surface area contributed by atoms with Crippen molar-refractivity contribution in [1.82, 2.24) is 19.2 Å². The molecule has 1 aliphatic rings. The molecule has 0 aliphatic carbocycles. The van der Waals surface area contributed by atoms with Crippen LogP contribution in [0.3, 0.4) is 0 Å². The number of hydrogen-bond donors (Lipinski definition) is 1. The SMILES string of the molecule is Cn1cc(-c2cc(F)c(Nc3cc(-c4ccc(=O)n(C)c4)cc4c3CN(C(=O)OC(C)(C)C)CC4)cc2C(F)F)cn1. The number of fused-ring (bicyclic) bond motifs is 1. The highest BCUT2D eigenvalue weighted by Crippen LogP contribution is 2.39. The van der Waals surface area contributed by atoms with E-state index >= 15 is 4.39 Å². The van der Waals surface area contributed by atoms with Gasteiger partial charge in [-0.05, 0) is 79.3 Å². The van der Waals surface area contributed by atoms with Crippen molar-refractivity contribution in [2.75, 3.05) is 11.9 Å². The number of amides is 1. The van der Waals surface area contributed by atoms with Crippen molar-refractivity contribution < 1.29 is 22.7 Å². The van der Waals surface area contributed by atoms with E-state index in [1.807, 2.05) is 6.07 Å². The lowest BCUT2D eigenvalue weighted by molar-refractivity contribution is 0.0224. The Labute approximate surface area is 241 Å². The first-order valence-electron chi connectivity index (χ1n) is 13.5. The van der Waals surface area contributed by atoms with E-state index in [9.17, 15) is 18.4 Å². The highest BCUT2D eigenvalue weighted by atomic mass is 19.3. The third-order valence-corrected chi connectivity index (χ3v) is 7.07. The van der Waals surface area contributed by atoms with Crippen LogP contribution in [0.1, 0.15) is 43.9 Å². The van der Waals surface area contributed by atoms with Crippen LogP contribution in [0.15, 0.2) is 59.8 Å². The maximum absolute atomic E-state index is 15.6. The molecule has 0 spiro atoms. The van der Waals surface area contributed by atoms with Crippen LogP contribution in [-0.2, 0) is 31.8 Å². The van der Waals surface area contributed by atoms with E-state index in [1.165, 1.54) is 21.5 Å². The van der Waals surface area contributed by atoms with E-state index in [1.54, 1.807) is 64.3 Å². The maximum Gasteiger partial charge on any atom is 0.410 e. The van der Waals surface area contributed by atoms with Crippen LogP contribution >= 0.6 is 0 Å². The maximum atomic E-state index is 15.6.